The third-order valence-electron chi connectivity index (χ3n) is 9.00. The molecule has 284 valence electrons. The lowest BCUT2D eigenvalue weighted by atomic mass is 9.97. The number of amides is 3. The summed E-state index contributed by atoms with van der Waals surface area (Å²) in [5.41, 5.74) is 1.38. The third-order valence-corrected chi connectivity index (χ3v) is 10.1. The van der Waals surface area contributed by atoms with E-state index in [0.717, 1.165) is 16.1 Å². The molecule has 1 aliphatic heterocycles. The molecule has 4 atom stereocenters. The van der Waals surface area contributed by atoms with Gasteiger partial charge in [0.1, 0.15) is 17.9 Å². The summed E-state index contributed by atoms with van der Waals surface area (Å²) in [5.74, 6) is -0.799. The Bertz CT molecular complexity index is 1610. The van der Waals surface area contributed by atoms with Crippen molar-refractivity contribution < 1.29 is 28.6 Å². The van der Waals surface area contributed by atoms with E-state index in [2.05, 4.69) is 20.5 Å². The maximum absolute atomic E-state index is 14.0. The number of aliphatic hydroxyl groups is 1. The van der Waals surface area contributed by atoms with Crippen LogP contribution in [-0.2, 0) is 22.6 Å². The monoisotopic (exact) mass is 738 g/mol. The van der Waals surface area contributed by atoms with Gasteiger partial charge in [0, 0.05) is 51.2 Å². The van der Waals surface area contributed by atoms with Crippen LogP contribution in [0.25, 0.3) is 0 Å². The van der Waals surface area contributed by atoms with E-state index >= 15 is 0 Å². The van der Waals surface area contributed by atoms with Crippen LogP contribution in [0.1, 0.15) is 70.5 Å². The lowest BCUT2D eigenvalue weighted by Crippen LogP contribution is -2.63. The molecule has 11 nitrogen and oxygen atoms in total. The standard InChI is InChI=1S/C39H55FN6O5S/c1-25(2)34(44(8)38(50)51-33-24-52-37(42-33)26(3)4)36(49)41-30(20-27-12-10-9-11-13-27)32(47)23-46-19-18-45(21-28-14-16-29(40)17-15-28)22-31(46)35(48)43-39(5,6)7/h9-17,24-26,30-32,34,47H,18-23H2,1-8H3,(H,41,49)(H,43,48)/t30-,31-,32+,34-/m0/s1. The number of thiazole rings is 1. The van der Waals surface area contributed by atoms with Crippen LogP contribution < -0.4 is 15.4 Å². The van der Waals surface area contributed by atoms with Crippen molar-refractivity contribution in [3.05, 3.63) is 81.9 Å². The molecule has 3 amide bonds. The Morgan fingerprint density at radius 3 is 2.31 bits per heavy atom. The van der Waals surface area contributed by atoms with E-state index < -0.39 is 41.8 Å². The molecule has 2 heterocycles. The van der Waals surface area contributed by atoms with Gasteiger partial charge in [-0.05, 0) is 56.4 Å². The van der Waals surface area contributed by atoms with E-state index in [0.29, 0.717) is 32.6 Å². The summed E-state index contributed by atoms with van der Waals surface area (Å²) in [7, 11) is 1.52. The molecule has 3 aromatic rings. The van der Waals surface area contributed by atoms with E-state index in [4.69, 9.17) is 4.74 Å². The minimum atomic E-state index is -1.06. The van der Waals surface area contributed by atoms with Crippen molar-refractivity contribution in [2.75, 3.05) is 33.2 Å². The maximum Gasteiger partial charge on any atom is 0.417 e. The first kappa shape index (κ1) is 40.9. The number of carbonyl (C=O) groups is 3. The molecule has 0 radical (unpaired) electrons. The average Bonchev–Trinajstić information content (AvgIpc) is 3.54. The van der Waals surface area contributed by atoms with Gasteiger partial charge in [0.05, 0.1) is 22.5 Å². The van der Waals surface area contributed by atoms with E-state index in [-0.39, 0.29) is 36.0 Å². The fourth-order valence-electron chi connectivity index (χ4n) is 6.36. The van der Waals surface area contributed by atoms with Gasteiger partial charge >= 0.3 is 6.09 Å². The number of hydrogen-bond donors (Lipinski definition) is 3. The number of ether oxygens (including phenoxy) is 1. The lowest BCUT2D eigenvalue weighted by Gasteiger charge is -2.43. The van der Waals surface area contributed by atoms with Crippen molar-refractivity contribution in [3.8, 4) is 5.88 Å². The van der Waals surface area contributed by atoms with Gasteiger partial charge in [-0.2, -0.15) is 0 Å². The molecule has 0 bridgehead atoms. The summed E-state index contributed by atoms with van der Waals surface area (Å²) >= 11 is 1.41. The van der Waals surface area contributed by atoms with E-state index in [9.17, 15) is 23.9 Å². The van der Waals surface area contributed by atoms with Crippen molar-refractivity contribution in [2.45, 2.75) is 97.1 Å². The Kier molecular flexibility index (Phi) is 14.3. The number of rotatable bonds is 14. The number of benzene rings is 2. The summed E-state index contributed by atoms with van der Waals surface area (Å²) < 4.78 is 19.1. The number of β-amino-alcohol motifs (C(OH)–C–C–N with tert-alkyl or cyclic N) is 1. The largest absolute Gasteiger partial charge is 0.417 e. The number of nitrogens with zero attached hydrogens (tertiary/aromatic N) is 4. The Morgan fingerprint density at radius 2 is 1.71 bits per heavy atom. The molecule has 13 heteroatoms. The van der Waals surface area contributed by atoms with Crippen LogP contribution in [0.15, 0.2) is 60.0 Å². The predicted molar refractivity (Wildman–Crippen MR) is 202 cm³/mol. The quantitative estimate of drug-likeness (QED) is 0.210. The number of aromatic nitrogens is 1. The van der Waals surface area contributed by atoms with Crippen molar-refractivity contribution in [1.82, 2.24) is 30.3 Å². The minimum absolute atomic E-state index is 0.122. The highest BCUT2D eigenvalue weighted by molar-refractivity contribution is 7.09. The van der Waals surface area contributed by atoms with Crippen molar-refractivity contribution in [1.29, 1.82) is 0 Å². The van der Waals surface area contributed by atoms with Crippen LogP contribution >= 0.6 is 11.3 Å². The molecule has 4 rings (SSSR count). The Labute approximate surface area is 311 Å². The number of piperazine rings is 1. The van der Waals surface area contributed by atoms with Crippen LogP contribution in [0.2, 0.25) is 0 Å². The second-order valence-electron chi connectivity index (χ2n) is 15.3. The van der Waals surface area contributed by atoms with Crippen LogP contribution in [0.3, 0.4) is 0 Å². The second-order valence-corrected chi connectivity index (χ2v) is 16.2. The SMILES string of the molecule is CC(C)c1nc(OC(=O)N(C)[C@H](C(=O)N[C@@H](Cc2ccccc2)[C@H](O)CN2CCN(Cc3ccc(F)cc3)C[C@H]2C(=O)NC(C)(C)C)C(C)C)cs1. The first-order chi connectivity index (χ1) is 24.5. The maximum atomic E-state index is 14.0. The smallest absolute Gasteiger partial charge is 0.390 e. The summed E-state index contributed by atoms with van der Waals surface area (Å²) in [5, 5.41) is 20.6. The molecular weight excluding hydrogens is 684 g/mol. The van der Waals surface area contributed by atoms with Gasteiger partial charge in [0.25, 0.3) is 0 Å². The summed E-state index contributed by atoms with van der Waals surface area (Å²) in [6, 6.07) is 13.7. The normalized spacial score (nSPS) is 17.4. The molecule has 0 saturated carbocycles. The molecule has 1 aliphatic rings. The molecule has 1 aromatic heterocycles. The molecule has 1 fully saturated rings. The summed E-state index contributed by atoms with van der Waals surface area (Å²) in [6.45, 7) is 15.7. The number of halogens is 1. The molecule has 3 N–H and O–H groups in total. The zero-order valence-electron chi connectivity index (χ0n) is 31.6. The zero-order valence-corrected chi connectivity index (χ0v) is 32.5. The van der Waals surface area contributed by atoms with Gasteiger partial charge in [-0.25, -0.2) is 14.2 Å². The van der Waals surface area contributed by atoms with Crippen LogP contribution in [0.5, 0.6) is 5.88 Å². The van der Waals surface area contributed by atoms with E-state index in [1.807, 2.05) is 83.7 Å². The number of hydrogen-bond acceptors (Lipinski definition) is 9. The van der Waals surface area contributed by atoms with Crippen LogP contribution in [-0.4, -0.2) is 106 Å². The molecule has 0 spiro atoms. The van der Waals surface area contributed by atoms with Crippen molar-refractivity contribution in [2.24, 2.45) is 5.92 Å². The summed E-state index contributed by atoms with van der Waals surface area (Å²) in [6.07, 6.45) is -1.44. The number of aliphatic hydroxyl groups excluding tert-OH is 1. The van der Waals surface area contributed by atoms with Crippen LogP contribution in [0.4, 0.5) is 9.18 Å². The van der Waals surface area contributed by atoms with Crippen molar-refractivity contribution >= 4 is 29.2 Å². The fraction of sp³-hybridized carbons (Fsp3) is 0.538. The van der Waals surface area contributed by atoms with Gasteiger partial charge in [-0.1, -0.05) is 70.2 Å². The number of nitrogens with one attached hydrogen (secondary N) is 2. The molecular formula is C39H55FN6O5S. The molecule has 0 aliphatic carbocycles. The molecule has 2 aromatic carbocycles. The topological polar surface area (TPSA) is 127 Å². The first-order valence-electron chi connectivity index (χ1n) is 18.0. The van der Waals surface area contributed by atoms with Gasteiger partial charge < -0.3 is 20.5 Å². The Hall–Kier alpha value is -3.91. The Balaban J connectivity index is 1.52. The van der Waals surface area contributed by atoms with Gasteiger partial charge in [-0.3, -0.25) is 24.3 Å². The molecule has 0 unspecified atom stereocenters. The molecule has 1 saturated heterocycles. The molecule has 52 heavy (non-hydrogen) atoms. The zero-order chi connectivity index (χ0) is 38.2. The van der Waals surface area contributed by atoms with Gasteiger partial charge in [0.15, 0.2) is 0 Å². The third kappa shape index (κ3) is 11.8. The summed E-state index contributed by atoms with van der Waals surface area (Å²) in [4.78, 5) is 50.8. The average molecular weight is 739 g/mol. The number of likely N-dealkylation sites (N-methyl/N-ethyl adjacent to an activating group) is 1. The second kappa shape index (κ2) is 18.2. The highest BCUT2D eigenvalue weighted by Crippen LogP contribution is 2.24. The Morgan fingerprint density at radius 1 is 1.04 bits per heavy atom. The fourth-order valence-corrected chi connectivity index (χ4v) is 7.10. The highest BCUT2D eigenvalue weighted by Gasteiger charge is 2.38. The first-order valence-corrected chi connectivity index (χ1v) is 18.8. The van der Waals surface area contributed by atoms with E-state index in [1.165, 1.54) is 35.4 Å². The number of carbonyl (C=O) groups excluding carboxylic acids is 3. The van der Waals surface area contributed by atoms with Gasteiger partial charge in [-0.15, -0.1) is 11.3 Å². The van der Waals surface area contributed by atoms with Crippen LogP contribution in [0, 0.1) is 11.7 Å². The van der Waals surface area contributed by atoms with Crippen molar-refractivity contribution in [3.63, 3.8) is 0 Å². The van der Waals surface area contributed by atoms with E-state index in [1.54, 1.807) is 17.5 Å². The highest BCUT2D eigenvalue weighted by atomic mass is 32.1. The predicted octanol–water partition coefficient (Wildman–Crippen LogP) is 5.05. The van der Waals surface area contributed by atoms with Gasteiger partial charge in [0.2, 0.25) is 17.7 Å². The minimum Gasteiger partial charge on any atom is -0.390 e. The lowest BCUT2D eigenvalue weighted by molar-refractivity contribution is -0.132.